The average Bonchev–Trinajstić information content (AvgIpc) is 2.60. The van der Waals surface area contributed by atoms with Gasteiger partial charge in [-0.05, 0) is 30.5 Å². The molecule has 4 heteroatoms. The molecular formula is C21H24N4. The zero-order chi connectivity index (χ0) is 17.6. The lowest BCUT2D eigenvalue weighted by Crippen LogP contribution is -2.11. The molecule has 0 saturated carbocycles. The van der Waals surface area contributed by atoms with E-state index in [4.69, 9.17) is 0 Å². The van der Waals surface area contributed by atoms with Crippen molar-refractivity contribution in [3.63, 3.8) is 0 Å². The molecule has 0 spiro atoms. The number of hydrogen-bond acceptors (Lipinski definition) is 4. The van der Waals surface area contributed by atoms with E-state index < -0.39 is 0 Å². The standard InChI is InChI=1S/C21H24N4/c1-15(2)14-22-21-24-19(17-9-5-4-6-10-17)13-20(25-21)23-18-11-7-8-16(3)12-18/h4-13,15H,14H2,1-3H3,(H2,22,23,24,25). The van der Waals surface area contributed by atoms with Crippen LogP contribution < -0.4 is 10.6 Å². The lowest BCUT2D eigenvalue weighted by molar-refractivity contribution is 0.685. The van der Waals surface area contributed by atoms with E-state index in [1.807, 2.05) is 36.4 Å². The summed E-state index contributed by atoms with van der Waals surface area (Å²) in [5.74, 6) is 1.95. The van der Waals surface area contributed by atoms with Crippen LogP contribution >= 0.6 is 0 Å². The number of anilines is 3. The second kappa shape index (κ2) is 7.79. The molecule has 0 bridgehead atoms. The van der Waals surface area contributed by atoms with E-state index >= 15 is 0 Å². The van der Waals surface area contributed by atoms with Crippen molar-refractivity contribution >= 4 is 17.5 Å². The third-order valence-electron chi connectivity index (χ3n) is 3.75. The summed E-state index contributed by atoms with van der Waals surface area (Å²) in [7, 11) is 0. The highest BCUT2D eigenvalue weighted by molar-refractivity contribution is 5.67. The first kappa shape index (κ1) is 17.0. The Hall–Kier alpha value is -2.88. The summed E-state index contributed by atoms with van der Waals surface area (Å²) in [4.78, 5) is 9.30. The van der Waals surface area contributed by atoms with E-state index in [1.165, 1.54) is 5.56 Å². The van der Waals surface area contributed by atoms with Gasteiger partial charge in [0, 0.05) is 23.9 Å². The van der Waals surface area contributed by atoms with Crippen molar-refractivity contribution in [3.05, 3.63) is 66.2 Å². The fourth-order valence-electron chi connectivity index (χ4n) is 2.51. The first-order valence-electron chi connectivity index (χ1n) is 8.62. The maximum atomic E-state index is 4.67. The molecule has 2 N–H and O–H groups in total. The molecule has 128 valence electrons. The Kier molecular flexibility index (Phi) is 5.29. The molecule has 25 heavy (non-hydrogen) atoms. The molecule has 0 saturated heterocycles. The van der Waals surface area contributed by atoms with E-state index in [0.717, 1.165) is 29.3 Å². The molecule has 3 aromatic rings. The van der Waals surface area contributed by atoms with Gasteiger partial charge in [-0.2, -0.15) is 4.98 Å². The van der Waals surface area contributed by atoms with Crippen molar-refractivity contribution in [3.8, 4) is 11.3 Å². The van der Waals surface area contributed by atoms with Crippen LogP contribution in [0.1, 0.15) is 19.4 Å². The molecule has 0 fully saturated rings. The van der Waals surface area contributed by atoms with Crippen LogP contribution in [0.2, 0.25) is 0 Å². The Labute approximate surface area is 149 Å². The third-order valence-corrected chi connectivity index (χ3v) is 3.75. The highest BCUT2D eigenvalue weighted by Crippen LogP contribution is 2.24. The number of nitrogens with zero attached hydrogens (tertiary/aromatic N) is 2. The number of nitrogens with one attached hydrogen (secondary N) is 2. The predicted octanol–water partition coefficient (Wildman–Crippen LogP) is 5.26. The Bertz CT molecular complexity index is 828. The van der Waals surface area contributed by atoms with Crippen LogP contribution in [-0.4, -0.2) is 16.5 Å². The van der Waals surface area contributed by atoms with E-state index in [0.29, 0.717) is 11.9 Å². The summed E-state index contributed by atoms with van der Waals surface area (Å²) < 4.78 is 0. The normalized spacial score (nSPS) is 10.7. The third kappa shape index (κ3) is 4.80. The summed E-state index contributed by atoms with van der Waals surface area (Å²) in [6.45, 7) is 7.25. The summed E-state index contributed by atoms with van der Waals surface area (Å²) in [5.41, 5.74) is 4.20. The van der Waals surface area contributed by atoms with Crippen LogP contribution in [0.3, 0.4) is 0 Å². The van der Waals surface area contributed by atoms with Gasteiger partial charge in [-0.3, -0.25) is 0 Å². The van der Waals surface area contributed by atoms with Gasteiger partial charge in [0.15, 0.2) is 0 Å². The van der Waals surface area contributed by atoms with Crippen LogP contribution in [0.15, 0.2) is 60.7 Å². The number of aryl methyl sites for hydroxylation is 1. The summed E-state index contributed by atoms with van der Waals surface area (Å²) in [6, 6.07) is 20.4. The van der Waals surface area contributed by atoms with E-state index in [2.05, 4.69) is 65.6 Å². The van der Waals surface area contributed by atoms with E-state index in [-0.39, 0.29) is 0 Å². The zero-order valence-corrected chi connectivity index (χ0v) is 15.0. The minimum Gasteiger partial charge on any atom is -0.354 e. The van der Waals surface area contributed by atoms with Gasteiger partial charge >= 0.3 is 0 Å². The van der Waals surface area contributed by atoms with Gasteiger partial charge in [0.05, 0.1) is 5.69 Å². The van der Waals surface area contributed by atoms with Gasteiger partial charge in [-0.15, -0.1) is 0 Å². The largest absolute Gasteiger partial charge is 0.354 e. The molecule has 0 aliphatic heterocycles. The van der Waals surface area contributed by atoms with Crippen LogP contribution in [0, 0.1) is 12.8 Å². The van der Waals surface area contributed by atoms with Gasteiger partial charge in [-0.25, -0.2) is 4.98 Å². The Balaban J connectivity index is 1.94. The maximum absolute atomic E-state index is 4.67. The van der Waals surface area contributed by atoms with Gasteiger partial charge in [0.25, 0.3) is 0 Å². The predicted molar refractivity (Wildman–Crippen MR) is 105 cm³/mol. The Morgan fingerprint density at radius 3 is 2.44 bits per heavy atom. The number of benzene rings is 2. The molecule has 4 nitrogen and oxygen atoms in total. The molecule has 1 heterocycles. The zero-order valence-electron chi connectivity index (χ0n) is 15.0. The molecule has 0 amide bonds. The fourth-order valence-corrected chi connectivity index (χ4v) is 2.51. The Morgan fingerprint density at radius 2 is 1.72 bits per heavy atom. The minimum absolute atomic E-state index is 0.525. The maximum Gasteiger partial charge on any atom is 0.225 e. The van der Waals surface area contributed by atoms with Crippen molar-refractivity contribution < 1.29 is 0 Å². The molecule has 0 aliphatic rings. The molecule has 3 rings (SSSR count). The summed E-state index contributed by atoms with van der Waals surface area (Å²) in [5, 5.41) is 6.72. The van der Waals surface area contributed by atoms with Crippen LogP contribution in [0.4, 0.5) is 17.5 Å². The van der Waals surface area contributed by atoms with E-state index in [1.54, 1.807) is 0 Å². The minimum atomic E-state index is 0.525. The smallest absolute Gasteiger partial charge is 0.225 e. The lowest BCUT2D eigenvalue weighted by atomic mass is 10.1. The molecule has 1 aromatic heterocycles. The second-order valence-electron chi connectivity index (χ2n) is 6.60. The van der Waals surface area contributed by atoms with Crippen molar-refractivity contribution in [1.29, 1.82) is 0 Å². The SMILES string of the molecule is Cc1cccc(Nc2cc(-c3ccccc3)nc(NCC(C)C)n2)c1. The van der Waals surface area contributed by atoms with Crippen LogP contribution in [0.25, 0.3) is 11.3 Å². The Morgan fingerprint density at radius 1 is 0.920 bits per heavy atom. The molecule has 0 atom stereocenters. The van der Waals surface area contributed by atoms with Gasteiger partial charge in [0.2, 0.25) is 5.95 Å². The summed E-state index contributed by atoms with van der Waals surface area (Å²) in [6.07, 6.45) is 0. The van der Waals surface area contributed by atoms with Crippen molar-refractivity contribution in [2.75, 3.05) is 17.2 Å². The number of rotatable bonds is 6. The van der Waals surface area contributed by atoms with Gasteiger partial charge < -0.3 is 10.6 Å². The number of aromatic nitrogens is 2. The average molecular weight is 332 g/mol. The fraction of sp³-hybridized carbons (Fsp3) is 0.238. The van der Waals surface area contributed by atoms with Gasteiger partial charge in [-0.1, -0.05) is 56.3 Å². The van der Waals surface area contributed by atoms with Crippen molar-refractivity contribution in [1.82, 2.24) is 9.97 Å². The number of hydrogen-bond donors (Lipinski definition) is 2. The first-order chi connectivity index (χ1) is 12.1. The van der Waals surface area contributed by atoms with Crippen molar-refractivity contribution in [2.45, 2.75) is 20.8 Å². The lowest BCUT2D eigenvalue weighted by Gasteiger charge is -2.13. The topological polar surface area (TPSA) is 49.8 Å². The highest BCUT2D eigenvalue weighted by Gasteiger charge is 2.08. The molecule has 0 radical (unpaired) electrons. The first-order valence-corrected chi connectivity index (χ1v) is 8.62. The summed E-state index contributed by atoms with van der Waals surface area (Å²) >= 11 is 0. The molecule has 2 aromatic carbocycles. The molecular weight excluding hydrogens is 308 g/mol. The van der Waals surface area contributed by atoms with Crippen LogP contribution in [-0.2, 0) is 0 Å². The van der Waals surface area contributed by atoms with E-state index in [9.17, 15) is 0 Å². The molecule has 0 unspecified atom stereocenters. The van der Waals surface area contributed by atoms with Gasteiger partial charge in [0.1, 0.15) is 5.82 Å². The second-order valence-corrected chi connectivity index (χ2v) is 6.60. The highest BCUT2D eigenvalue weighted by atomic mass is 15.1. The quantitative estimate of drug-likeness (QED) is 0.646. The van der Waals surface area contributed by atoms with Crippen molar-refractivity contribution in [2.24, 2.45) is 5.92 Å². The monoisotopic (exact) mass is 332 g/mol. The van der Waals surface area contributed by atoms with Crippen LogP contribution in [0.5, 0.6) is 0 Å². The molecule has 0 aliphatic carbocycles.